The average molecular weight is 653 g/mol. The first-order chi connectivity index (χ1) is 20.1. The number of tetrazole rings is 1. The van der Waals surface area contributed by atoms with Crippen molar-refractivity contribution in [2.75, 3.05) is 17.2 Å². The summed E-state index contributed by atoms with van der Waals surface area (Å²) in [4.78, 5) is 60.0. The van der Waals surface area contributed by atoms with Gasteiger partial charge in [0.25, 0.3) is 11.8 Å². The molecular formula is C21H17ClN10O7S3. The second-order valence-corrected chi connectivity index (χ2v) is 11.6. The lowest BCUT2D eigenvalue weighted by molar-refractivity contribution is -0.150. The number of fused-ring (bicyclic) bond motifs is 1. The molecular weight excluding hydrogens is 636 g/mol. The fourth-order valence-electron chi connectivity index (χ4n) is 3.79. The lowest BCUT2D eigenvalue weighted by Crippen LogP contribution is -2.71. The minimum atomic E-state index is -1.33. The fourth-order valence-corrected chi connectivity index (χ4v) is 6.71. The number of aliphatic carboxylic acids is 2. The molecule has 0 radical (unpaired) electrons. The third-order valence-corrected chi connectivity index (χ3v) is 8.80. The van der Waals surface area contributed by atoms with Crippen molar-refractivity contribution in [2.45, 2.75) is 23.1 Å². The van der Waals surface area contributed by atoms with Gasteiger partial charge in [-0.25, -0.2) is 9.48 Å². The van der Waals surface area contributed by atoms with Crippen LogP contribution in [0.25, 0.3) is 0 Å². The first-order valence-corrected chi connectivity index (χ1v) is 14.7. The molecule has 4 heterocycles. The van der Waals surface area contributed by atoms with Crippen molar-refractivity contribution in [3.8, 4) is 5.75 Å². The van der Waals surface area contributed by atoms with Crippen LogP contribution in [0.1, 0.15) is 5.82 Å². The maximum atomic E-state index is 13.2. The summed E-state index contributed by atoms with van der Waals surface area (Å²) in [7, 11) is 0. The number of hydrogen-bond acceptors (Lipinski definition) is 15. The highest BCUT2D eigenvalue weighted by Crippen LogP contribution is 2.41. The van der Waals surface area contributed by atoms with E-state index in [1.54, 1.807) is 12.1 Å². The lowest BCUT2D eigenvalue weighted by atomic mass is 10.0. The molecule has 17 nitrogen and oxygen atoms in total. The number of carboxylic acids is 2. The van der Waals surface area contributed by atoms with E-state index in [9.17, 15) is 24.3 Å². The molecule has 5 rings (SSSR count). The Hall–Kier alpha value is -4.27. The molecule has 42 heavy (non-hydrogen) atoms. The molecule has 1 aromatic carbocycles. The molecule has 21 heteroatoms. The number of rotatable bonds is 11. The number of aromatic nitrogens is 6. The molecule has 1 saturated heterocycles. The second-order valence-electron chi connectivity index (χ2n) is 8.36. The van der Waals surface area contributed by atoms with Gasteiger partial charge in [0.1, 0.15) is 23.7 Å². The number of thioether (sulfide) groups is 2. The molecule has 5 N–H and O–H groups in total. The molecule has 1 fully saturated rings. The van der Waals surface area contributed by atoms with Gasteiger partial charge in [-0.15, -0.1) is 16.9 Å². The highest BCUT2D eigenvalue weighted by molar-refractivity contribution is 8.01. The zero-order chi connectivity index (χ0) is 30.0. The quantitative estimate of drug-likeness (QED) is 0.0933. The van der Waals surface area contributed by atoms with Crippen LogP contribution in [0.2, 0.25) is 5.02 Å². The summed E-state index contributed by atoms with van der Waals surface area (Å²) in [5.74, 6) is -3.55. The molecule has 218 valence electrons. The number of nitrogens with two attached hydrogens (primary N) is 1. The molecule has 2 aliphatic heterocycles. The summed E-state index contributed by atoms with van der Waals surface area (Å²) in [6.07, 6.45) is 0. The Morgan fingerprint density at radius 3 is 2.69 bits per heavy atom. The Kier molecular flexibility index (Phi) is 8.56. The predicted octanol–water partition coefficient (Wildman–Crippen LogP) is 0.159. The summed E-state index contributed by atoms with van der Waals surface area (Å²) in [5, 5.41) is 36.2. The zero-order valence-electron chi connectivity index (χ0n) is 20.8. The van der Waals surface area contributed by atoms with Gasteiger partial charge in [-0.2, -0.15) is 9.36 Å². The number of oxime groups is 1. The van der Waals surface area contributed by atoms with E-state index in [2.05, 4.69) is 35.4 Å². The fraction of sp³-hybridized carbons (Fsp3) is 0.238. The number of anilines is 1. The molecule has 0 saturated carbocycles. The minimum absolute atomic E-state index is 0.0735. The average Bonchev–Trinajstić information content (AvgIpc) is 3.58. The van der Waals surface area contributed by atoms with Crippen molar-refractivity contribution in [1.82, 2.24) is 39.8 Å². The van der Waals surface area contributed by atoms with Crippen LogP contribution in [-0.2, 0) is 25.7 Å². The monoisotopic (exact) mass is 652 g/mol. The smallest absolute Gasteiger partial charge is 0.352 e. The van der Waals surface area contributed by atoms with E-state index >= 15 is 0 Å². The summed E-state index contributed by atoms with van der Waals surface area (Å²) < 4.78 is 5.06. The Labute approximate surface area is 252 Å². The maximum Gasteiger partial charge on any atom is 0.352 e. The number of halogens is 1. The summed E-state index contributed by atoms with van der Waals surface area (Å²) in [6, 6.07) is 5.10. The molecule has 2 atom stereocenters. The van der Waals surface area contributed by atoms with Crippen LogP contribution >= 0.6 is 46.7 Å². The number of nitrogens with zero attached hydrogens (tertiary/aromatic N) is 8. The number of carbonyl (C=O) groups is 4. The summed E-state index contributed by atoms with van der Waals surface area (Å²) in [5.41, 5.74) is 5.49. The van der Waals surface area contributed by atoms with Gasteiger partial charge in [-0.05, 0) is 40.3 Å². The van der Waals surface area contributed by atoms with E-state index in [0.717, 1.165) is 32.9 Å². The number of β-lactam (4-membered cyclic amide) rings is 1. The number of hydrogen-bond donors (Lipinski definition) is 4. The SMILES string of the molecule is Nc1nc(/C(=N/Oc2ccc(Cl)cc2)C(=O)NC2C(=O)N3C(C(=O)O)=C(CSc4nnnn4CC(=O)O)CS[C@H]23)ns1. The van der Waals surface area contributed by atoms with Crippen LogP contribution in [0, 0.1) is 0 Å². The predicted molar refractivity (Wildman–Crippen MR) is 149 cm³/mol. The van der Waals surface area contributed by atoms with Crippen LogP contribution in [-0.4, -0.2) is 97.1 Å². The van der Waals surface area contributed by atoms with Crippen LogP contribution < -0.4 is 15.9 Å². The third kappa shape index (κ3) is 6.15. The van der Waals surface area contributed by atoms with Gasteiger partial charge in [0, 0.05) is 28.1 Å². The van der Waals surface area contributed by atoms with Gasteiger partial charge < -0.3 is 26.1 Å². The number of nitrogens with one attached hydrogen (secondary N) is 1. The number of benzene rings is 1. The molecule has 0 spiro atoms. The van der Waals surface area contributed by atoms with Crippen molar-refractivity contribution in [2.24, 2.45) is 5.16 Å². The second kappa shape index (κ2) is 12.3. The molecule has 1 unspecified atom stereocenters. The normalized spacial score (nSPS) is 18.4. The van der Waals surface area contributed by atoms with Gasteiger partial charge in [-0.3, -0.25) is 19.3 Å². The molecule has 2 aliphatic rings. The highest BCUT2D eigenvalue weighted by Gasteiger charge is 2.54. The molecule has 0 bridgehead atoms. The van der Waals surface area contributed by atoms with E-state index in [1.807, 2.05) is 0 Å². The standard InChI is InChI=1S/C21H17ClN10O7S3/c22-9-1-3-10(4-2-9)39-27-12(15-25-20(23)42-28-15)16(35)24-13-17(36)32-14(19(37)38)8(6-40-18(13)32)7-41-21-26-29-30-31(21)5-11(33)34/h1-4,13,18H,5-7H2,(H,24,35)(H,33,34)(H,37,38)(H2,23,25,28)/b27-12-/t13?,18-/m1/s1. The number of nitrogen functional groups attached to an aromatic ring is 1. The van der Waals surface area contributed by atoms with Crippen molar-refractivity contribution in [3.63, 3.8) is 0 Å². The van der Waals surface area contributed by atoms with Crippen molar-refractivity contribution >= 4 is 81.3 Å². The van der Waals surface area contributed by atoms with Crippen molar-refractivity contribution in [3.05, 3.63) is 46.4 Å². The van der Waals surface area contributed by atoms with E-state index in [-0.39, 0.29) is 44.8 Å². The van der Waals surface area contributed by atoms with Crippen LogP contribution in [0.5, 0.6) is 5.75 Å². The zero-order valence-corrected chi connectivity index (χ0v) is 24.0. The van der Waals surface area contributed by atoms with Crippen LogP contribution in [0.4, 0.5) is 5.13 Å². The van der Waals surface area contributed by atoms with Crippen LogP contribution in [0.3, 0.4) is 0 Å². The highest BCUT2D eigenvalue weighted by atomic mass is 35.5. The topological polar surface area (TPSA) is 241 Å². The van der Waals surface area contributed by atoms with E-state index in [1.165, 1.54) is 23.9 Å². The number of amides is 2. The first-order valence-electron chi connectivity index (χ1n) is 11.5. The first kappa shape index (κ1) is 29.2. The summed E-state index contributed by atoms with van der Waals surface area (Å²) in [6.45, 7) is -0.470. The number of carboxylic acid groups (broad SMARTS) is 2. The molecule has 0 aliphatic carbocycles. The van der Waals surface area contributed by atoms with Crippen molar-refractivity contribution < 1.29 is 34.2 Å². The maximum absolute atomic E-state index is 13.2. The Morgan fingerprint density at radius 1 is 1.26 bits per heavy atom. The largest absolute Gasteiger partial charge is 0.480 e. The summed E-state index contributed by atoms with van der Waals surface area (Å²) >= 11 is 8.98. The molecule has 2 aromatic heterocycles. The van der Waals surface area contributed by atoms with Gasteiger partial charge in [0.05, 0.1) is 0 Å². The van der Waals surface area contributed by atoms with E-state index in [0.29, 0.717) is 10.6 Å². The van der Waals surface area contributed by atoms with Crippen molar-refractivity contribution in [1.29, 1.82) is 0 Å². The number of carbonyl (C=O) groups excluding carboxylic acids is 2. The molecule has 2 amide bonds. The van der Waals surface area contributed by atoms with Gasteiger partial charge in [-0.1, -0.05) is 28.5 Å². The van der Waals surface area contributed by atoms with Gasteiger partial charge in [0.2, 0.25) is 16.7 Å². The van der Waals surface area contributed by atoms with Crippen LogP contribution in [0.15, 0.2) is 45.8 Å². The van der Waals surface area contributed by atoms with Gasteiger partial charge in [0.15, 0.2) is 10.9 Å². The Morgan fingerprint density at radius 2 is 2.02 bits per heavy atom. The molecule has 3 aromatic rings. The van der Waals surface area contributed by atoms with E-state index < -0.39 is 41.7 Å². The Bertz CT molecular complexity index is 1630. The van der Waals surface area contributed by atoms with Gasteiger partial charge >= 0.3 is 11.9 Å². The minimum Gasteiger partial charge on any atom is -0.480 e. The third-order valence-electron chi connectivity index (χ3n) is 5.62. The lowest BCUT2D eigenvalue weighted by Gasteiger charge is -2.49. The Balaban J connectivity index is 1.31. The van der Waals surface area contributed by atoms with E-state index in [4.69, 9.17) is 27.3 Å².